The Kier molecular flexibility index (Phi) is 3.87. The molecule has 2 fully saturated rings. The third-order valence-electron chi connectivity index (χ3n) is 6.16. The predicted octanol–water partition coefficient (Wildman–Crippen LogP) is 3.31. The lowest BCUT2D eigenvalue weighted by atomic mass is 9.76. The molecule has 4 heteroatoms. The molecule has 0 saturated carbocycles. The van der Waals surface area contributed by atoms with Gasteiger partial charge in [-0.3, -0.25) is 9.69 Å². The molecule has 0 amide bonds. The highest BCUT2D eigenvalue weighted by molar-refractivity contribution is 5.81. The van der Waals surface area contributed by atoms with E-state index in [1.165, 1.54) is 22.9 Å². The van der Waals surface area contributed by atoms with Gasteiger partial charge in [-0.05, 0) is 62.4 Å². The molecule has 4 rings (SSSR count). The maximum atomic E-state index is 12.7. The van der Waals surface area contributed by atoms with E-state index in [4.69, 9.17) is 4.74 Å². The van der Waals surface area contributed by atoms with E-state index >= 15 is 0 Å². The molecule has 3 heterocycles. The minimum absolute atomic E-state index is 0.0205. The number of aromatic nitrogens is 1. The molecule has 0 aliphatic carbocycles. The molecule has 0 spiro atoms. The average molecular weight is 326 g/mol. The number of nitrogens with zero attached hydrogens (tertiary/aromatic N) is 2. The lowest BCUT2D eigenvalue weighted by Crippen LogP contribution is -2.49. The number of benzene rings is 1. The molecule has 4 atom stereocenters. The van der Waals surface area contributed by atoms with E-state index in [0.29, 0.717) is 18.7 Å². The van der Waals surface area contributed by atoms with Gasteiger partial charge in [-0.25, -0.2) is 0 Å². The molecule has 1 aromatic heterocycles. The molecule has 2 saturated heterocycles. The molecule has 4 unspecified atom stereocenters. The highest BCUT2D eigenvalue weighted by Gasteiger charge is 2.49. The summed E-state index contributed by atoms with van der Waals surface area (Å²) < 4.78 is 7.59. The minimum Gasteiger partial charge on any atom is -0.466 e. The molecule has 0 N–H and O–H groups in total. The average Bonchev–Trinajstić information content (AvgIpc) is 3.04. The number of carbonyl (C=O) groups excluding carboxylic acids is 1. The molecule has 2 aliphatic rings. The van der Waals surface area contributed by atoms with Crippen molar-refractivity contribution in [3.63, 3.8) is 0 Å². The first-order valence-electron chi connectivity index (χ1n) is 9.03. The van der Waals surface area contributed by atoms with Crippen molar-refractivity contribution in [2.24, 2.45) is 13.0 Å². The molecule has 0 radical (unpaired) electrons. The van der Waals surface area contributed by atoms with Gasteiger partial charge in [0.25, 0.3) is 0 Å². The molecule has 24 heavy (non-hydrogen) atoms. The fraction of sp³-hybridized carbons (Fsp3) is 0.550. The van der Waals surface area contributed by atoms with Gasteiger partial charge in [0.05, 0.1) is 12.5 Å². The number of hydrogen-bond donors (Lipinski definition) is 0. The van der Waals surface area contributed by atoms with Gasteiger partial charge in [0, 0.05) is 36.8 Å². The SMILES string of the molecule is CCOC(=O)C1C(c2ccc3c(ccn3C)c2)CC2CCC1N2C. The van der Waals surface area contributed by atoms with Crippen LogP contribution in [0.25, 0.3) is 10.9 Å². The second kappa shape index (κ2) is 5.92. The van der Waals surface area contributed by atoms with Crippen LogP contribution in [0.1, 0.15) is 37.7 Å². The maximum Gasteiger partial charge on any atom is 0.311 e. The van der Waals surface area contributed by atoms with Crippen LogP contribution in [0.15, 0.2) is 30.5 Å². The summed E-state index contributed by atoms with van der Waals surface area (Å²) in [6.45, 7) is 2.35. The van der Waals surface area contributed by atoms with Gasteiger partial charge in [0.15, 0.2) is 0 Å². The number of piperidine rings is 1. The summed E-state index contributed by atoms with van der Waals surface area (Å²) in [5.74, 6) is 0.199. The number of rotatable bonds is 3. The van der Waals surface area contributed by atoms with Gasteiger partial charge >= 0.3 is 5.97 Å². The van der Waals surface area contributed by atoms with E-state index < -0.39 is 0 Å². The monoisotopic (exact) mass is 326 g/mol. The van der Waals surface area contributed by atoms with E-state index in [1.807, 2.05) is 6.92 Å². The van der Waals surface area contributed by atoms with Crippen LogP contribution in [0.3, 0.4) is 0 Å². The molecular formula is C20H26N2O2. The Labute approximate surface area is 143 Å². The van der Waals surface area contributed by atoms with Gasteiger partial charge in [0.1, 0.15) is 0 Å². The zero-order chi connectivity index (χ0) is 16.8. The lowest BCUT2D eigenvalue weighted by Gasteiger charge is -2.42. The fourth-order valence-electron chi connectivity index (χ4n) is 4.90. The molecule has 2 bridgehead atoms. The molecule has 4 nitrogen and oxygen atoms in total. The summed E-state index contributed by atoms with van der Waals surface area (Å²) in [5.41, 5.74) is 2.53. The van der Waals surface area contributed by atoms with Crippen molar-refractivity contribution in [3.8, 4) is 0 Å². The van der Waals surface area contributed by atoms with Crippen molar-refractivity contribution in [2.45, 2.75) is 44.2 Å². The third kappa shape index (κ3) is 2.35. The quantitative estimate of drug-likeness (QED) is 0.812. The zero-order valence-corrected chi connectivity index (χ0v) is 14.7. The highest BCUT2D eigenvalue weighted by Crippen LogP contribution is 2.47. The van der Waals surface area contributed by atoms with E-state index in [0.717, 1.165) is 12.8 Å². The molecule has 128 valence electrons. The van der Waals surface area contributed by atoms with E-state index in [-0.39, 0.29) is 17.8 Å². The van der Waals surface area contributed by atoms with Gasteiger partial charge in [-0.15, -0.1) is 0 Å². The van der Waals surface area contributed by atoms with Gasteiger partial charge in [-0.1, -0.05) is 6.07 Å². The van der Waals surface area contributed by atoms with Gasteiger partial charge in [0.2, 0.25) is 0 Å². The van der Waals surface area contributed by atoms with Crippen LogP contribution in [-0.2, 0) is 16.6 Å². The van der Waals surface area contributed by atoms with Crippen molar-refractivity contribution in [2.75, 3.05) is 13.7 Å². The smallest absolute Gasteiger partial charge is 0.311 e. The number of fused-ring (bicyclic) bond motifs is 3. The Balaban J connectivity index is 1.73. The van der Waals surface area contributed by atoms with Crippen molar-refractivity contribution in [1.29, 1.82) is 0 Å². The first-order chi connectivity index (χ1) is 11.6. The van der Waals surface area contributed by atoms with Gasteiger partial charge < -0.3 is 9.30 Å². The van der Waals surface area contributed by atoms with E-state index in [2.05, 4.69) is 54.0 Å². The lowest BCUT2D eigenvalue weighted by molar-refractivity contribution is -0.152. The fourth-order valence-corrected chi connectivity index (χ4v) is 4.90. The summed E-state index contributed by atoms with van der Waals surface area (Å²) in [5, 5.41) is 1.25. The van der Waals surface area contributed by atoms with Crippen LogP contribution in [-0.4, -0.2) is 41.2 Å². The second-order valence-corrected chi connectivity index (χ2v) is 7.33. The molecule has 2 aliphatic heterocycles. The minimum atomic E-state index is -0.0464. The van der Waals surface area contributed by atoms with Crippen LogP contribution in [0.2, 0.25) is 0 Å². The van der Waals surface area contributed by atoms with Crippen LogP contribution in [0.4, 0.5) is 0 Å². The summed E-state index contributed by atoms with van der Waals surface area (Å²) >= 11 is 0. The van der Waals surface area contributed by atoms with E-state index in [9.17, 15) is 4.79 Å². The Morgan fingerprint density at radius 2 is 2.08 bits per heavy atom. The zero-order valence-electron chi connectivity index (χ0n) is 14.7. The molecular weight excluding hydrogens is 300 g/mol. The number of esters is 1. The highest BCUT2D eigenvalue weighted by atomic mass is 16.5. The number of ether oxygens (including phenoxy) is 1. The summed E-state index contributed by atoms with van der Waals surface area (Å²) in [6.07, 6.45) is 5.44. The van der Waals surface area contributed by atoms with Crippen molar-refractivity contribution in [1.82, 2.24) is 9.47 Å². The summed E-state index contributed by atoms with van der Waals surface area (Å²) in [7, 11) is 4.24. The topological polar surface area (TPSA) is 34.5 Å². The standard InChI is InChI=1S/C20H26N2O2/c1-4-24-20(23)19-16(12-15-6-8-18(19)22(15)3)13-5-7-17-14(11-13)9-10-21(17)2/h5,7,9-11,15-16,18-19H,4,6,8,12H2,1-3H3. The molecule has 1 aromatic carbocycles. The summed E-state index contributed by atoms with van der Waals surface area (Å²) in [4.78, 5) is 15.1. The van der Waals surface area contributed by atoms with Crippen LogP contribution in [0, 0.1) is 5.92 Å². The van der Waals surface area contributed by atoms with E-state index in [1.54, 1.807) is 0 Å². The number of hydrogen-bond acceptors (Lipinski definition) is 3. The number of aryl methyl sites for hydroxylation is 1. The van der Waals surface area contributed by atoms with Crippen molar-refractivity contribution >= 4 is 16.9 Å². The predicted molar refractivity (Wildman–Crippen MR) is 95.0 cm³/mol. The maximum absolute atomic E-state index is 12.7. The summed E-state index contributed by atoms with van der Waals surface area (Å²) in [6, 6.07) is 9.74. The van der Waals surface area contributed by atoms with Crippen molar-refractivity contribution in [3.05, 3.63) is 36.0 Å². The van der Waals surface area contributed by atoms with Gasteiger partial charge in [-0.2, -0.15) is 0 Å². The Bertz CT molecular complexity index is 766. The van der Waals surface area contributed by atoms with Crippen LogP contribution >= 0.6 is 0 Å². The van der Waals surface area contributed by atoms with Crippen LogP contribution < -0.4 is 0 Å². The Morgan fingerprint density at radius 1 is 1.25 bits per heavy atom. The Hall–Kier alpha value is -1.81. The first-order valence-corrected chi connectivity index (χ1v) is 9.03. The molecule has 2 aromatic rings. The largest absolute Gasteiger partial charge is 0.466 e. The first kappa shape index (κ1) is 15.7. The normalized spacial score (nSPS) is 30.0. The third-order valence-corrected chi connectivity index (χ3v) is 6.16. The van der Waals surface area contributed by atoms with Crippen molar-refractivity contribution < 1.29 is 9.53 Å². The van der Waals surface area contributed by atoms with Crippen LogP contribution in [0.5, 0.6) is 0 Å². The Morgan fingerprint density at radius 3 is 2.88 bits per heavy atom. The second-order valence-electron chi connectivity index (χ2n) is 7.33. The number of carbonyl (C=O) groups is 1.